The number of likely N-dealkylation sites (tertiary alicyclic amines) is 1. The molecule has 1 saturated carbocycles. The van der Waals surface area contributed by atoms with Crippen LogP contribution < -0.4 is 15.7 Å². The zero-order valence-corrected chi connectivity index (χ0v) is 35.6. The van der Waals surface area contributed by atoms with E-state index in [4.69, 9.17) is 4.74 Å². The van der Waals surface area contributed by atoms with Crippen molar-refractivity contribution < 1.29 is 32.3 Å². The van der Waals surface area contributed by atoms with Crippen molar-refractivity contribution in [2.24, 2.45) is 5.92 Å². The summed E-state index contributed by atoms with van der Waals surface area (Å²) < 4.78 is 50.6. The molecule has 1 aromatic heterocycles. The molecule has 1 N–H and O–H groups in total. The fourth-order valence-electron chi connectivity index (χ4n) is 9.77. The fraction of sp³-hybridized carbons (Fsp3) is 0.367. The number of allylic oxidation sites excluding steroid dienone is 1. The van der Waals surface area contributed by atoms with E-state index in [9.17, 15) is 37.6 Å². The van der Waals surface area contributed by atoms with E-state index >= 15 is 0 Å². The first-order valence-corrected chi connectivity index (χ1v) is 21.8. The normalized spacial score (nSPS) is 20.8. The SMILES string of the molecule is C=C1CCC(N2C(=O)c3ccc(OC4CC(N(CC5CCN(Cc6ccc(-n7c(=O)n(-c8ccc(C#N)c(C(F)(F)F)c8)c8ccccc87)cc6)CC5)C(C)C)C4)cc3C2=O)C(=O)N1. The predicted molar refractivity (Wildman–Crippen MR) is 233 cm³/mol. The summed E-state index contributed by atoms with van der Waals surface area (Å²) in [6.45, 7) is 11.9. The first-order valence-electron chi connectivity index (χ1n) is 21.8. The quantitative estimate of drug-likeness (QED) is 0.134. The Morgan fingerprint density at radius 3 is 2.16 bits per heavy atom. The summed E-state index contributed by atoms with van der Waals surface area (Å²) in [7, 11) is 0. The molecule has 12 nitrogen and oxygen atoms in total. The van der Waals surface area contributed by atoms with Crippen LogP contribution in [0.3, 0.4) is 0 Å². The highest BCUT2D eigenvalue weighted by Crippen LogP contribution is 2.37. The molecule has 15 heteroatoms. The zero-order chi connectivity index (χ0) is 45.0. The van der Waals surface area contributed by atoms with Crippen molar-refractivity contribution in [3.8, 4) is 23.2 Å². The molecule has 3 fully saturated rings. The number of imidazole rings is 1. The maximum Gasteiger partial charge on any atom is 0.417 e. The number of carbonyl (C=O) groups excluding carboxylic acids is 3. The number of imide groups is 1. The molecule has 64 heavy (non-hydrogen) atoms. The van der Waals surface area contributed by atoms with E-state index in [0.29, 0.717) is 59.0 Å². The number of amides is 3. The molecule has 0 radical (unpaired) electrons. The number of halogens is 3. The third-order valence-electron chi connectivity index (χ3n) is 13.2. The van der Waals surface area contributed by atoms with E-state index in [-0.39, 0.29) is 22.9 Å². The van der Waals surface area contributed by atoms with Gasteiger partial charge in [-0.2, -0.15) is 18.4 Å². The van der Waals surface area contributed by atoms with E-state index < -0.39 is 46.8 Å². The van der Waals surface area contributed by atoms with Crippen LogP contribution in [0.4, 0.5) is 13.2 Å². The molecule has 0 spiro atoms. The second kappa shape index (κ2) is 16.9. The molecule has 0 bridgehead atoms. The van der Waals surface area contributed by atoms with Gasteiger partial charge in [-0.15, -0.1) is 0 Å². The number of piperidine rings is 2. The fourth-order valence-corrected chi connectivity index (χ4v) is 9.77. The van der Waals surface area contributed by atoms with Gasteiger partial charge in [-0.3, -0.25) is 38.2 Å². The molecule has 5 aromatic rings. The summed E-state index contributed by atoms with van der Waals surface area (Å²) in [5.74, 6) is -0.256. The van der Waals surface area contributed by atoms with Crippen LogP contribution in [0.25, 0.3) is 22.4 Å². The minimum absolute atomic E-state index is 0.0118. The highest BCUT2D eigenvalue weighted by molar-refractivity contribution is 6.23. The van der Waals surface area contributed by atoms with Gasteiger partial charge in [0.25, 0.3) is 11.8 Å². The molecule has 2 saturated heterocycles. The van der Waals surface area contributed by atoms with Gasteiger partial charge in [0.2, 0.25) is 5.91 Å². The number of benzene rings is 4. The molecule has 1 atom stereocenters. The van der Waals surface area contributed by atoms with E-state index in [1.165, 1.54) is 15.2 Å². The Morgan fingerprint density at radius 2 is 1.52 bits per heavy atom. The number of alkyl halides is 3. The number of nitrogens with zero attached hydrogens (tertiary/aromatic N) is 6. The van der Waals surface area contributed by atoms with Gasteiger partial charge in [0.15, 0.2) is 0 Å². The lowest BCUT2D eigenvalue weighted by Gasteiger charge is -2.46. The number of fused-ring (bicyclic) bond motifs is 2. The van der Waals surface area contributed by atoms with Crippen molar-refractivity contribution >= 4 is 28.8 Å². The minimum atomic E-state index is -4.76. The van der Waals surface area contributed by atoms with Gasteiger partial charge in [-0.1, -0.05) is 30.8 Å². The number of hydrogen-bond acceptors (Lipinski definition) is 8. The van der Waals surface area contributed by atoms with Crippen molar-refractivity contribution in [1.29, 1.82) is 5.26 Å². The molecular formula is C49H48F3N7O5. The van der Waals surface area contributed by atoms with Gasteiger partial charge in [-0.25, -0.2) is 4.79 Å². The van der Waals surface area contributed by atoms with Crippen LogP contribution in [0.5, 0.6) is 5.75 Å². The van der Waals surface area contributed by atoms with Gasteiger partial charge in [0.1, 0.15) is 17.9 Å². The third kappa shape index (κ3) is 8.01. The number of aromatic nitrogens is 2. The van der Waals surface area contributed by atoms with Crippen LogP contribution in [0, 0.1) is 17.2 Å². The summed E-state index contributed by atoms with van der Waals surface area (Å²) in [4.78, 5) is 59.2. The Bertz CT molecular complexity index is 2770. The molecule has 3 aliphatic heterocycles. The second-order valence-corrected chi connectivity index (χ2v) is 17.7. The van der Waals surface area contributed by atoms with Crippen molar-refractivity contribution in [1.82, 2.24) is 29.2 Å². The van der Waals surface area contributed by atoms with Crippen molar-refractivity contribution in [2.75, 3.05) is 19.6 Å². The lowest BCUT2D eigenvalue weighted by atomic mass is 9.85. The Morgan fingerprint density at radius 1 is 0.859 bits per heavy atom. The van der Waals surface area contributed by atoms with E-state index in [0.717, 1.165) is 74.5 Å². The molecule has 4 aliphatic rings. The number of nitriles is 1. The van der Waals surface area contributed by atoms with E-state index in [1.54, 1.807) is 48.5 Å². The molecule has 1 aliphatic carbocycles. The highest BCUT2D eigenvalue weighted by atomic mass is 19.4. The van der Waals surface area contributed by atoms with Gasteiger partial charge in [-0.05, 0) is 125 Å². The highest BCUT2D eigenvalue weighted by Gasteiger charge is 2.45. The molecule has 3 amide bonds. The van der Waals surface area contributed by atoms with Crippen molar-refractivity contribution in [2.45, 2.75) is 89.3 Å². The average Bonchev–Trinajstić information content (AvgIpc) is 3.69. The predicted octanol–water partition coefficient (Wildman–Crippen LogP) is 7.59. The smallest absolute Gasteiger partial charge is 0.417 e. The first kappa shape index (κ1) is 42.8. The van der Waals surface area contributed by atoms with Crippen LogP contribution in [0.15, 0.2) is 102 Å². The van der Waals surface area contributed by atoms with Crippen LogP contribution in [-0.4, -0.2) is 85.4 Å². The van der Waals surface area contributed by atoms with Gasteiger partial charge >= 0.3 is 11.9 Å². The standard InChI is InChI=1S/C49H48F3N7O5/c1-29(2)56(36-22-38(23-36)64-37-15-16-39-40(25-37)47(62)59(46(39)61)44-17-8-30(3)54-45(44)60)28-32-18-20-55(21-19-32)27-31-9-12-34(13-10-31)57-42-6-4-5-7-43(42)58(48(57)63)35-14-11-33(26-53)41(24-35)49(50,51)52/h4-7,9-16,24-25,29,32,36,38,44H,3,8,17-23,27-28H2,1-2H3,(H,54,60). The summed E-state index contributed by atoms with van der Waals surface area (Å²) in [5, 5.41) is 12.0. The molecule has 9 rings (SSSR count). The topological polar surface area (TPSA) is 133 Å². The molecular weight excluding hydrogens is 824 g/mol. The van der Waals surface area contributed by atoms with Crippen molar-refractivity contribution in [3.63, 3.8) is 0 Å². The van der Waals surface area contributed by atoms with Crippen molar-refractivity contribution in [3.05, 3.63) is 136 Å². The third-order valence-corrected chi connectivity index (χ3v) is 13.2. The summed E-state index contributed by atoms with van der Waals surface area (Å²) in [6.07, 6.45) is -0.0889. The maximum atomic E-state index is 14.0. The monoisotopic (exact) mass is 871 g/mol. The zero-order valence-electron chi connectivity index (χ0n) is 35.6. The van der Waals surface area contributed by atoms with Crippen LogP contribution in [-0.2, 0) is 17.5 Å². The molecule has 4 aromatic carbocycles. The number of nitrogens with one attached hydrogen (secondary N) is 1. The first-order chi connectivity index (χ1) is 30.7. The second-order valence-electron chi connectivity index (χ2n) is 17.7. The number of hydrogen-bond donors (Lipinski definition) is 1. The molecule has 4 heterocycles. The van der Waals surface area contributed by atoms with Gasteiger partial charge < -0.3 is 10.1 Å². The number of rotatable bonds is 11. The van der Waals surface area contributed by atoms with Gasteiger partial charge in [0, 0.05) is 43.7 Å². The Balaban J connectivity index is 0.787. The Hall–Kier alpha value is -6.50. The number of para-hydroxylation sites is 2. The lowest BCUT2D eigenvalue weighted by molar-refractivity contribution is -0.137. The number of carbonyl (C=O) groups is 3. The summed E-state index contributed by atoms with van der Waals surface area (Å²) in [5.41, 5.74) is 1.70. The number of ether oxygens (including phenoxy) is 1. The van der Waals surface area contributed by atoms with E-state index in [2.05, 4.69) is 35.5 Å². The van der Waals surface area contributed by atoms with Crippen LogP contribution in [0.1, 0.15) is 89.8 Å². The van der Waals surface area contributed by atoms with Gasteiger partial charge in [0.05, 0.1) is 50.7 Å². The minimum Gasteiger partial charge on any atom is -0.490 e. The Labute approximate surface area is 368 Å². The Kier molecular flexibility index (Phi) is 11.3. The maximum absolute atomic E-state index is 14.0. The largest absolute Gasteiger partial charge is 0.490 e. The van der Waals surface area contributed by atoms with Crippen LogP contribution >= 0.6 is 0 Å². The average molecular weight is 872 g/mol. The molecule has 1 unspecified atom stereocenters. The van der Waals surface area contributed by atoms with E-state index in [1.807, 2.05) is 24.3 Å². The van der Waals surface area contributed by atoms with Crippen LogP contribution in [0.2, 0.25) is 0 Å². The molecule has 330 valence electrons. The lowest BCUT2D eigenvalue weighted by Crippen LogP contribution is -2.53. The summed E-state index contributed by atoms with van der Waals surface area (Å²) >= 11 is 0. The summed E-state index contributed by atoms with van der Waals surface area (Å²) in [6, 6.07) is 24.4.